The summed E-state index contributed by atoms with van der Waals surface area (Å²) in [7, 11) is -3.82. The van der Waals surface area contributed by atoms with Crippen LogP contribution in [0.2, 0.25) is 0 Å². The Balaban J connectivity index is 1.13. The molecule has 0 fully saturated rings. The first-order valence-electron chi connectivity index (χ1n) is 12.9. The Morgan fingerprint density at radius 3 is 2.49 bits per heavy atom. The third-order valence-corrected chi connectivity index (χ3v) is 7.74. The first kappa shape index (κ1) is 28.1. The molecule has 0 aliphatic carbocycles. The van der Waals surface area contributed by atoms with E-state index in [9.17, 15) is 17.9 Å². The Morgan fingerprint density at radius 1 is 0.951 bits per heavy atom. The Kier molecular flexibility index (Phi) is 8.78. The lowest BCUT2D eigenvalue weighted by Gasteiger charge is -2.12. The number of pyridine rings is 1. The van der Waals surface area contributed by atoms with Crippen molar-refractivity contribution in [1.29, 1.82) is 0 Å². The fourth-order valence-corrected chi connectivity index (χ4v) is 5.22. The summed E-state index contributed by atoms with van der Waals surface area (Å²) in [4.78, 5) is 8.44. The molecule has 5 rings (SSSR count). The monoisotopic (exact) mass is 573 g/mol. The van der Waals surface area contributed by atoms with Crippen LogP contribution in [0, 0.1) is 5.82 Å². The van der Waals surface area contributed by atoms with Gasteiger partial charge in [0.1, 0.15) is 5.82 Å². The van der Waals surface area contributed by atoms with Crippen LogP contribution >= 0.6 is 0 Å². The molecule has 0 bridgehead atoms. The fourth-order valence-electron chi connectivity index (χ4n) is 4.16. The molecule has 2 heterocycles. The number of hydrogen-bond donors (Lipinski definition) is 3. The average Bonchev–Trinajstić information content (AvgIpc) is 3.45. The van der Waals surface area contributed by atoms with Crippen LogP contribution in [0.15, 0.2) is 107 Å². The van der Waals surface area contributed by atoms with E-state index < -0.39 is 16.1 Å². The number of sulfonamides is 1. The molecule has 3 N–H and O–H groups in total. The number of aromatic nitrogens is 3. The molecule has 0 spiro atoms. The minimum Gasteiger partial charge on any atom is -0.387 e. The van der Waals surface area contributed by atoms with Gasteiger partial charge in [0.15, 0.2) is 0 Å². The molecule has 0 saturated heterocycles. The van der Waals surface area contributed by atoms with Crippen molar-refractivity contribution in [3.05, 3.63) is 126 Å². The highest BCUT2D eigenvalue weighted by molar-refractivity contribution is 7.92. The number of benzene rings is 3. The highest BCUT2D eigenvalue weighted by atomic mass is 32.2. The van der Waals surface area contributed by atoms with Crippen molar-refractivity contribution in [2.45, 2.75) is 23.8 Å². The van der Waals surface area contributed by atoms with Crippen LogP contribution in [-0.4, -0.2) is 41.7 Å². The number of nitrogens with zero attached hydrogens (tertiary/aromatic N) is 3. The van der Waals surface area contributed by atoms with Gasteiger partial charge in [0.2, 0.25) is 11.7 Å². The number of anilines is 1. The minimum atomic E-state index is -3.82. The van der Waals surface area contributed by atoms with E-state index in [1.54, 1.807) is 54.9 Å². The van der Waals surface area contributed by atoms with Crippen LogP contribution in [0.3, 0.4) is 0 Å². The average molecular weight is 574 g/mol. The lowest BCUT2D eigenvalue weighted by molar-refractivity contribution is 0.174. The van der Waals surface area contributed by atoms with Crippen molar-refractivity contribution in [2.75, 3.05) is 17.8 Å². The van der Waals surface area contributed by atoms with Gasteiger partial charge in [-0.2, -0.15) is 4.98 Å². The summed E-state index contributed by atoms with van der Waals surface area (Å²) in [6, 6.07) is 23.1. The van der Waals surface area contributed by atoms with Crippen molar-refractivity contribution in [3.63, 3.8) is 0 Å². The lowest BCUT2D eigenvalue weighted by atomic mass is 10.1. The molecular formula is C30H28FN5O4S. The fraction of sp³-hybridized carbons (Fsp3) is 0.167. The SMILES string of the molecule is O=S(=O)(Nc1ccc(CCNCC(O)c2cccnc2)cc1)c1ccc(-c2noc(Cc3cccc(F)c3)n2)cc1. The van der Waals surface area contributed by atoms with Gasteiger partial charge in [0.25, 0.3) is 10.0 Å². The number of hydrogen-bond acceptors (Lipinski definition) is 8. The van der Waals surface area contributed by atoms with E-state index in [-0.39, 0.29) is 17.1 Å². The van der Waals surface area contributed by atoms with Gasteiger partial charge in [-0.1, -0.05) is 35.5 Å². The van der Waals surface area contributed by atoms with Gasteiger partial charge in [0.05, 0.1) is 17.4 Å². The quantitative estimate of drug-likeness (QED) is 0.186. The summed E-state index contributed by atoms with van der Waals surface area (Å²) >= 11 is 0. The van der Waals surface area contributed by atoms with Crippen LogP contribution in [0.5, 0.6) is 0 Å². The second-order valence-corrected chi connectivity index (χ2v) is 11.1. The number of aliphatic hydroxyl groups is 1. The van der Waals surface area contributed by atoms with Crippen LogP contribution < -0.4 is 10.0 Å². The number of aliphatic hydroxyl groups excluding tert-OH is 1. The molecular weight excluding hydrogens is 545 g/mol. The summed E-state index contributed by atoms with van der Waals surface area (Å²) in [5.74, 6) is 0.293. The molecule has 11 heteroatoms. The van der Waals surface area contributed by atoms with Gasteiger partial charge in [-0.3, -0.25) is 9.71 Å². The molecule has 3 aromatic carbocycles. The van der Waals surface area contributed by atoms with Gasteiger partial charge < -0.3 is 14.9 Å². The second-order valence-electron chi connectivity index (χ2n) is 9.40. The summed E-state index contributed by atoms with van der Waals surface area (Å²) in [6.45, 7) is 1.06. The summed E-state index contributed by atoms with van der Waals surface area (Å²) in [6.07, 6.45) is 3.67. The third kappa shape index (κ3) is 7.60. The first-order valence-corrected chi connectivity index (χ1v) is 14.4. The molecule has 1 unspecified atom stereocenters. The standard InChI is InChI=1S/C30H28FN5O4S/c31-25-5-1-3-22(17-25)18-29-34-30(35-40-29)23-8-12-27(13-9-23)41(38,39)36-26-10-6-21(7-11-26)14-16-33-20-28(37)24-4-2-15-32-19-24/h1-13,15,17,19,28,33,36-37H,14,16,18,20H2. The number of nitrogens with one attached hydrogen (secondary N) is 2. The van der Waals surface area contributed by atoms with Gasteiger partial charge >= 0.3 is 0 Å². The molecule has 0 amide bonds. The van der Waals surface area contributed by atoms with E-state index >= 15 is 0 Å². The van der Waals surface area contributed by atoms with E-state index in [1.165, 1.54) is 24.3 Å². The Labute approximate surface area is 237 Å². The molecule has 2 aromatic heterocycles. The largest absolute Gasteiger partial charge is 0.387 e. The number of rotatable bonds is 12. The normalized spacial score (nSPS) is 12.2. The second kappa shape index (κ2) is 12.8. The highest BCUT2D eigenvalue weighted by Gasteiger charge is 2.16. The van der Waals surface area contributed by atoms with E-state index in [2.05, 4.69) is 25.2 Å². The zero-order valence-corrected chi connectivity index (χ0v) is 22.8. The van der Waals surface area contributed by atoms with Crippen LogP contribution in [-0.2, 0) is 22.9 Å². The van der Waals surface area contributed by atoms with E-state index in [4.69, 9.17) is 4.52 Å². The molecule has 0 saturated carbocycles. The van der Waals surface area contributed by atoms with E-state index in [1.807, 2.05) is 18.2 Å². The predicted molar refractivity (Wildman–Crippen MR) is 152 cm³/mol. The minimum absolute atomic E-state index is 0.0881. The molecule has 210 valence electrons. The highest BCUT2D eigenvalue weighted by Crippen LogP contribution is 2.22. The van der Waals surface area contributed by atoms with Crippen molar-refractivity contribution in [2.24, 2.45) is 0 Å². The Hall–Kier alpha value is -4.45. The van der Waals surface area contributed by atoms with Crippen molar-refractivity contribution >= 4 is 15.7 Å². The van der Waals surface area contributed by atoms with Gasteiger partial charge in [-0.15, -0.1) is 0 Å². The first-order chi connectivity index (χ1) is 19.9. The maximum atomic E-state index is 13.4. The molecule has 0 radical (unpaired) electrons. The number of halogens is 1. The van der Waals surface area contributed by atoms with E-state index in [0.29, 0.717) is 48.0 Å². The zero-order chi connectivity index (χ0) is 28.7. The summed E-state index contributed by atoms with van der Waals surface area (Å²) < 4.78 is 47.2. The zero-order valence-electron chi connectivity index (χ0n) is 21.9. The smallest absolute Gasteiger partial charge is 0.261 e. The third-order valence-electron chi connectivity index (χ3n) is 6.34. The Bertz CT molecular complexity index is 1680. The van der Waals surface area contributed by atoms with Crippen molar-refractivity contribution in [1.82, 2.24) is 20.4 Å². The summed E-state index contributed by atoms with van der Waals surface area (Å²) in [5.41, 5.74) is 3.52. The molecule has 0 aliphatic heterocycles. The van der Waals surface area contributed by atoms with Gasteiger partial charge in [-0.25, -0.2) is 12.8 Å². The molecule has 0 aliphatic rings. The predicted octanol–water partition coefficient (Wildman–Crippen LogP) is 4.53. The molecule has 5 aromatic rings. The Morgan fingerprint density at radius 2 is 1.76 bits per heavy atom. The molecule has 41 heavy (non-hydrogen) atoms. The molecule has 9 nitrogen and oxygen atoms in total. The van der Waals surface area contributed by atoms with Crippen LogP contribution in [0.4, 0.5) is 10.1 Å². The lowest BCUT2D eigenvalue weighted by Crippen LogP contribution is -2.23. The van der Waals surface area contributed by atoms with E-state index in [0.717, 1.165) is 11.1 Å². The molecule has 1 atom stereocenters. The topological polar surface area (TPSA) is 130 Å². The maximum Gasteiger partial charge on any atom is 0.261 e. The van der Waals surface area contributed by atoms with Crippen molar-refractivity contribution in [3.8, 4) is 11.4 Å². The summed E-state index contributed by atoms with van der Waals surface area (Å²) in [5, 5.41) is 17.4. The van der Waals surface area contributed by atoms with Gasteiger partial charge in [0, 0.05) is 35.8 Å². The van der Waals surface area contributed by atoms with Crippen LogP contribution in [0.25, 0.3) is 11.4 Å². The van der Waals surface area contributed by atoms with Crippen LogP contribution in [0.1, 0.15) is 28.7 Å². The maximum absolute atomic E-state index is 13.4. The van der Waals surface area contributed by atoms with Gasteiger partial charge in [-0.05, 0) is 78.7 Å². The van der Waals surface area contributed by atoms with Crippen molar-refractivity contribution < 1.29 is 22.4 Å².